The number of nitrogens with one attached hydrogen (secondary N) is 1. The lowest BCUT2D eigenvalue weighted by atomic mass is 10.1. The Kier molecular flexibility index (Phi) is 6.86. The number of aromatic nitrogens is 2. The van der Waals surface area contributed by atoms with Crippen molar-refractivity contribution in [3.05, 3.63) is 98.3 Å². The van der Waals surface area contributed by atoms with Crippen molar-refractivity contribution in [1.29, 1.82) is 0 Å². The molecule has 1 aromatic heterocycles. The highest BCUT2D eigenvalue weighted by molar-refractivity contribution is 7.99. The molecule has 0 saturated heterocycles. The number of amides is 1. The molecule has 1 amide bonds. The molecule has 1 N–H and O–H groups in total. The van der Waals surface area contributed by atoms with Gasteiger partial charge in [-0.25, -0.2) is 4.98 Å². The van der Waals surface area contributed by atoms with Gasteiger partial charge < -0.3 is 5.32 Å². The van der Waals surface area contributed by atoms with Crippen LogP contribution in [0, 0.1) is 20.8 Å². The van der Waals surface area contributed by atoms with E-state index >= 15 is 0 Å². The largest absolute Gasteiger partial charge is 0.325 e. The van der Waals surface area contributed by atoms with Crippen LogP contribution in [0.3, 0.4) is 0 Å². The Morgan fingerprint density at radius 2 is 1.70 bits per heavy atom. The minimum absolute atomic E-state index is 0.135. The Labute approximate surface area is 201 Å². The molecule has 0 saturated carbocycles. The van der Waals surface area contributed by atoms with Gasteiger partial charge in [-0.1, -0.05) is 65.3 Å². The van der Waals surface area contributed by atoms with Crippen molar-refractivity contribution in [2.24, 2.45) is 0 Å². The fourth-order valence-electron chi connectivity index (χ4n) is 3.85. The molecule has 4 rings (SSSR count). The Morgan fingerprint density at radius 1 is 1.03 bits per heavy atom. The molecule has 0 aliphatic carbocycles. The summed E-state index contributed by atoms with van der Waals surface area (Å²) in [6.45, 7) is 6.34. The summed E-state index contributed by atoms with van der Waals surface area (Å²) in [6.07, 6.45) is 0. The van der Waals surface area contributed by atoms with Gasteiger partial charge in [0.1, 0.15) is 0 Å². The van der Waals surface area contributed by atoms with Gasteiger partial charge in [-0.3, -0.25) is 14.2 Å². The number of thioether (sulfide) groups is 1. The second-order valence-electron chi connectivity index (χ2n) is 8.04. The number of halogens is 1. The molecule has 33 heavy (non-hydrogen) atoms. The van der Waals surface area contributed by atoms with E-state index in [9.17, 15) is 9.59 Å². The van der Waals surface area contributed by atoms with Crippen LogP contribution in [0.25, 0.3) is 10.9 Å². The smallest absolute Gasteiger partial charge is 0.262 e. The topological polar surface area (TPSA) is 64.0 Å². The number of rotatable bonds is 6. The van der Waals surface area contributed by atoms with Gasteiger partial charge >= 0.3 is 0 Å². The Balaban J connectivity index is 1.61. The van der Waals surface area contributed by atoms with Crippen molar-refractivity contribution in [3.63, 3.8) is 0 Å². The first-order chi connectivity index (χ1) is 15.8. The third kappa shape index (κ3) is 5.29. The molecule has 7 heteroatoms. The molecule has 4 aromatic rings. The van der Waals surface area contributed by atoms with Crippen LogP contribution in [0.5, 0.6) is 0 Å². The molecule has 168 valence electrons. The van der Waals surface area contributed by atoms with Crippen molar-refractivity contribution in [2.45, 2.75) is 32.5 Å². The van der Waals surface area contributed by atoms with Crippen LogP contribution >= 0.6 is 23.4 Å². The van der Waals surface area contributed by atoms with Crippen LogP contribution in [0.15, 0.2) is 70.6 Å². The van der Waals surface area contributed by atoms with E-state index in [1.54, 1.807) is 22.8 Å². The summed E-state index contributed by atoms with van der Waals surface area (Å²) in [4.78, 5) is 30.7. The zero-order valence-electron chi connectivity index (χ0n) is 18.7. The van der Waals surface area contributed by atoms with Crippen molar-refractivity contribution >= 4 is 45.9 Å². The van der Waals surface area contributed by atoms with E-state index in [1.165, 1.54) is 11.8 Å². The summed E-state index contributed by atoms with van der Waals surface area (Å²) in [5, 5.41) is 4.70. The molecule has 0 unspecified atom stereocenters. The van der Waals surface area contributed by atoms with Gasteiger partial charge in [-0.15, -0.1) is 0 Å². The van der Waals surface area contributed by atoms with Crippen molar-refractivity contribution in [2.75, 3.05) is 11.1 Å². The monoisotopic (exact) mass is 477 g/mol. The number of hydrogen-bond acceptors (Lipinski definition) is 4. The van der Waals surface area contributed by atoms with E-state index in [-0.39, 0.29) is 17.2 Å². The molecular weight excluding hydrogens is 454 g/mol. The first kappa shape index (κ1) is 23.1. The number of carbonyl (C=O) groups is 1. The number of fused-ring (bicyclic) bond motifs is 1. The second kappa shape index (κ2) is 9.81. The van der Waals surface area contributed by atoms with Gasteiger partial charge in [0.25, 0.3) is 5.56 Å². The molecule has 1 heterocycles. The number of nitrogens with zero attached hydrogens (tertiary/aromatic N) is 2. The predicted octanol–water partition coefficient (Wildman–Crippen LogP) is 5.75. The van der Waals surface area contributed by atoms with Crippen molar-refractivity contribution < 1.29 is 4.79 Å². The first-order valence-corrected chi connectivity index (χ1v) is 11.9. The highest BCUT2D eigenvalue weighted by Crippen LogP contribution is 2.24. The highest BCUT2D eigenvalue weighted by atomic mass is 35.5. The molecule has 0 aliphatic heterocycles. The number of para-hydroxylation sites is 1. The fraction of sp³-hybridized carbons (Fsp3) is 0.192. The van der Waals surface area contributed by atoms with E-state index in [0.29, 0.717) is 27.6 Å². The molecule has 0 atom stereocenters. The molecule has 0 spiro atoms. The molecule has 0 radical (unpaired) electrons. The van der Waals surface area contributed by atoms with E-state index in [4.69, 9.17) is 16.6 Å². The average molecular weight is 478 g/mol. The number of carbonyl (C=O) groups excluding carboxylic acids is 1. The van der Waals surface area contributed by atoms with Gasteiger partial charge in [0, 0.05) is 10.7 Å². The van der Waals surface area contributed by atoms with Gasteiger partial charge in [-0.05, 0) is 61.7 Å². The molecular formula is C26H24ClN3O2S. The number of benzene rings is 3. The number of aryl methyl sites for hydroxylation is 3. The second-order valence-corrected chi connectivity index (χ2v) is 9.42. The Hall–Kier alpha value is -3.09. The lowest BCUT2D eigenvalue weighted by molar-refractivity contribution is -0.113. The molecule has 0 fully saturated rings. The third-order valence-electron chi connectivity index (χ3n) is 5.35. The zero-order valence-corrected chi connectivity index (χ0v) is 20.3. The maximum Gasteiger partial charge on any atom is 0.262 e. The van der Waals surface area contributed by atoms with Crippen LogP contribution in [-0.4, -0.2) is 21.2 Å². The summed E-state index contributed by atoms with van der Waals surface area (Å²) in [7, 11) is 0. The molecule has 0 bridgehead atoms. The van der Waals surface area contributed by atoms with E-state index in [0.717, 1.165) is 27.9 Å². The van der Waals surface area contributed by atoms with Gasteiger partial charge in [0.05, 0.1) is 23.2 Å². The average Bonchev–Trinajstić information content (AvgIpc) is 2.78. The van der Waals surface area contributed by atoms with E-state index in [2.05, 4.69) is 5.32 Å². The number of anilines is 1. The molecule has 5 nitrogen and oxygen atoms in total. The Bertz CT molecular complexity index is 1370. The molecule has 3 aromatic carbocycles. The molecule has 0 aliphatic rings. The standard InChI is InChI=1S/C26H24ClN3O2S/c1-16-12-17(2)24(18(3)13-16)29-23(31)15-33-26-28-22-7-5-4-6-21(22)25(32)30(26)14-19-8-10-20(27)11-9-19/h4-13H,14-15H2,1-3H3,(H,29,31). The predicted molar refractivity (Wildman–Crippen MR) is 137 cm³/mol. The fourth-order valence-corrected chi connectivity index (χ4v) is 4.78. The van der Waals surface area contributed by atoms with Gasteiger partial charge in [0.2, 0.25) is 5.91 Å². The minimum Gasteiger partial charge on any atom is -0.325 e. The van der Waals surface area contributed by atoms with Crippen molar-refractivity contribution in [1.82, 2.24) is 9.55 Å². The van der Waals surface area contributed by atoms with Crippen molar-refractivity contribution in [3.8, 4) is 0 Å². The van der Waals surface area contributed by atoms with Crippen LogP contribution in [0.1, 0.15) is 22.3 Å². The van der Waals surface area contributed by atoms with Crippen LogP contribution in [-0.2, 0) is 11.3 Å². The van der Waals surface area contributed by atoms with E-state index < -0.39 is 0 Å². The number of hydrogen-bond donors (Lipinski definition) is 1. The van der Waals surface area contributed by atoms with Crippen LogP contribution in [0.4, 0.5) is 5.69 Å². The Morgan fingerprint density at radius 3 is 2.39 bits per heavy atom. The quantitative estimate of drug-likeness (QED) is 0.283. The van der Waals surface area contributed by atoms with Gasteiger partial charge in [0.15, 0.2) is 5.16 Å². The third-order valence-corrected chi connectivity index (χ3v) is 6.58. The minimum atomic E-state index is -0.143. The maximum absolute atomic E-state index is 13.3. The van der Waals surface area contributed by atoms with Gasteiger partial charge in [-0.2, -0.15) is 0 Å². The normalized spacial score (nSPS) is 11.0. The zero-order chi connectivity index (χ0) is 23.5. The maximum atomic E-state index is 13.3. The summed E-state index contributed by atoms with van der Waals surface area (Å²) < 4.78 is 1.62. The van der Waals surface area contributed by atoms with Crippen LogP contribution < -0.4 is 10.9 Å². The summed E-state index contributed by atoms with van der Waals surface area (Å²) in [5.41, 5.74) is 5.44. The summed E-state index contributed by atoms with van der Waals surface area (Å²) in [5.74, 6) is -0.00599. The lowest BCUT2D eigenvalue weighted by Crippen LogP contribution is -2.25. The van der Waals surface area contributed by atoms with E-state index in [1.807, 2.05) is 63.2 Å². The SMILES string of the molecule is Cc1cc(C)c(NC(=O)CSc2nc3ccccc3c(=O)n2Cc2ccc(Cl)cc2)c(C)c1. The summed E-state index contributed by atoms with van der Waals surface area (Å²) in [6, 6.07) is 18.7. The summed E-state index contributed by atoms with van der Waals surface area (Å²) >= 11 is 7.26. The lowest BCUT2D eigenvalue weighted by Gasteiger charge is -2.15. The van der Waals surface area contributed by atoms with Crippen LogP contribution in [0.2, 0.25) is 5.02 Å². The first-order valence-electron chi connectivity index (χ1n) is 10.6. The highest BCUT2D eigenvalue weighted by Gasteiger charge is 2.15.